The highest BCUT2D eigenvalue weighted by atomic mass is 16.7. The van der Waals surface area contributed by atoms with Crippen LogP contribution in [0.4, 0.5) is 0 Å². The van der Waals surface area contributed by atoms with Gasteiger partial charge in [0.25, 0.3) is 0 Å². The van der Waals surface area contributed by atoms with E-state index in [1.807, 2.05) is 6.07 Å². The van der Waals surface area contributed by atoms with Crippen LogP contribution in [0, 0.1) is 11.3 Å². The second-order valence-corrected chi connectivity index (χ2v) is 1.17. The van der Waals surface area contributed by atoms with E-state index in [0.29, 0.717) is 0 Å². The van der Waals surface area contributed by atoms with Crippen molar-refractivity contribution in [3.63, 3.8) is 0 Å². The number of nitrogens with zero attached hydrogens (tertiary/aromatic N) is 2. The third kappa shape index (κ3) is 3.19. The first-order valence-electron chi connectivity index (χ1n) is 2.14. The highest BCUT2D eigenvalue weighted by Crippen LogP contribution is 1.80. The van der Waals surface area contributed by atoms with E-state index in [4.69, 9.17) is 5.26 Å². The fourth-order valence-corrected chi connectivity index (χ4v) is 0.199. The zero-order valence-corrected chi connectivity index (χ0v) is 4.96. The van der Waals surface area contributed by atoms with Gasteiger partial charge in [0, 0.05) is 19.3 Å². The van der Waals surface area contributed by atoms with Gasteiger partial charge >= 0.3 is 0 Å². The van der Waals surface area contributed by atoms with Crippen LogP contribution in [0.25, 0.3) is 0 Å². The average molecular weight is 112 g/mol. The van der Waals surface area contributed by atoms with Gasteiger partial charge in [-0.1, -0.05) is 0 Å². The molecule has 0 aromatic rings. The van der Waals surface area contributed by atoms with Crippen LogP contribution < -0.4 is 0 Å². The first-order chi connectivity index (χ1) is 3.81. The van der Waals surface area contributed by atoms with Crippen LogP contribution in [-0.4, -0.2) is 19.2 Å². The first kappa shape index (κ1) is 6.99. The van der Waals surface area contributed by atoms with Crippen molar-refractivity contribution in [2.75, 3.05) is 14.2 Å². The van der Waals surface area contributed by atoms with E-state index in [0.717, 1.165) is 0 Å². The normalized spacial score (nSPS) is 9.12. The van der Waals surface area contributed by atoms with E-state index < -0.39 is 0 Å². The van der Waals surface area contributed by atoms with Crippen LogP contribution in [0.2, 0.25) is 0 Å². The molecule has 0 heterocycles. The molecule has 0 spiro atoms. The Hall–Kier alpha value is -1.01. The van der Waals surface area contributed by atoms with Crippen LogP contribution in [0.15, 0.2) is 12.3 Å². The summed E-state index contributed by atoms with van der Waals surface area (Å²) in [6.45, 7) is 0. The molecule has 0 unspecified atom stereocenters. The smallest absolute Gasteiger partial charge is 0.0928 e. The average Bonchev–Trinajstić information content (AvgIpc) is 1.83. The molecule has 44 valence electrons. The quantitative estimate of drug-likeness (QED) is 0.386. The number of nitriles is 1. The van der Waals surface area contributed by atoms with E-state index in [-0.39, 0.29) is 0 Å². The molecule has 0 aliphatic rings. The Kier molecular flexibility index (Phi) is 3.63. The van der Waals surface area contributed by atoms with Crippen molar-refractivity contribution in [1.82, 2.24) is 5.06 Å². The summed E-state index contributed by atoms with van der Waals surface area (Å²) in [5, 5.41) is 9.43. The lowest BCUT2D eigenvalue weighted by Gasteiger charge is -2.06. The maximum absolute atomic E-state index is 7.99. The molecule has 0 aliphatic carbocycles. The molecule has 8 heavy (non-hydrogen) atoms. The van der Waals surface area contributed by atoms with Crippen molar-refractivity contribution in [3.05, 3.63) is 12.3 Å². The number of hydrogen-bond acceptors (Lipinski definition) is 3. The van der Waals surface area contributed by atoms with Crippen molar-refractivity contribution in [2.24, 2.45) is 0 Å². The lowest BCUT2D eigenvalue weighted by molar-refractivity contribution is -0.0644. The Morgan fingerprint density at radius 2 is 2.38 bits per heavy atom. The SMILES string of the molecule is CON(C)/C=C/C#N. The van der Waals surface area contributed by atoms with Gasteiger partial charge in [0.05, 0.1) is 13.2 Å². The second-order valence-electron chi connectivity index (χ2n) is 1.17. The summed E-state index contributed by atoms with van der Waals surface area (Å²) in [6, 6.07) is 1.83. The lowest BCUT2D eigenvalue weighted by atomic mass is 10.7. The molecule has 0 rings (SSSR count). The van der Waals surface area contributed by atoms with Crippen LogP contribution in [0.3, 0.4) is 0 Å². The molecule has 0 atom stereocenters. The van der Waals surface area contributed by atoms with Crippen LogP contribution in [-0.2, 0) is 4.84 Å². The molecular weight excluding hydrogens is 104 g/mol. The molecule has 0 aliphatic heterocycles. The number of rotatable bonds is 2. The van der Waals surface area contributed by atoms with Crippen LogP contribution >= 0.6 is 0 Å². The Balaban J connectivity index is 3.40. The van der Waals surface area contributed by atoms with Crippen molar-refractivity contribution in [2.45, 2.75) is 0 Å². The highest BCUT2D eigenvalue weighted by molar-refractivity contribution is 4.99. The molecule has 0 aromatic heterocycles. The van der Waals surface area contributed by atoms with Crippen LogP contribution in [0.1, 0.15) is 0 Å². The maximum Gasteiger partial charge on any atom is 0.0928 e. The molecule has 0 radical (unpaired) electrons. The van der Waals surface area contributed by atoms with Gasteiger partial charge in [-0.15, -0.1) is 0 Å². The molecular formula is C5H8N2O. The minimum Gasteiger partial charge on any atom is -0.278 e. The van der Waals surface area contributed by atoms with Gasteiger partial charge in [0.1, 0.15) is 0 Å². The third-order valence-corrected chi connectivity index (χ3v) is 0.647. The van der Waals surface area contributed by atoms with Gasteiger partial charge in [-0.25, -0.2) is 0 Å². The van der Waals surface area contributed by atoms with Gasteiger partial charge in [0.15, 0.2) is 0 Å². The van der Waals surface area contributed by atoms with E-state index in [1.54, 1.807) is 7.05 Å². The van der Waals surface area contributed by atoms with Gasteiger partial charge in [-0.05, 0) is 0 Å². The molecule has 0 amide bonds. The fraction of sp³-hybridized carbons (Fsp3) is 0.400. The summed E-state index contributed by atoms with van der Waals surface area (Å²) < 4.78 is 0. The molecule has 0 aromatic carbocycles. The van der Waals surface area contributed by atoms with Gasteiger partial charge in [0.2, 0.25) is 0 Å². The summed E-state index contributed by atoms with van der Waals surface area (Å²) in [4.78, 5) is 4.65. The summed E-state index contributed by atoms with van der Waals surface area (Å²) in [6.07, 6.45) is 2.86. The Labute approximate surface area is 48.7 Å². The van der Waals surface area contributed by atoms with Gasteiger partial charge in [-0.2, -0.15) is 5.26 Å². The van der Waals surface area contributed by atoms with E-state index >= 15 is 0 Å². The summed E-state index contributed by atoms with van der Waals surface area (Å²) in [5.41, 5.74) is 0. The molecule has 3 nitrogen and oxygen atoms in total. The summed E-state index contributed by atoms with van der Waals surface area (Å²) in [7, 11) is 3.23. The van der Waals surface area contributed by atoms with Crippen molar-refractivity contribution < 1.29 is 4.84 Å². The van der Waals surface area contributed by atoms with Gasteiger partial charge in [-0.3, -0.25) is 9.90 Å². The Bertz CT molecular complexity index is 114. The van der Waals surface area contributed by atoms with Gasteiger partial charge < -0.3 is 0 Å². The van der Waals surface area contributed by atoms with E-state index in [2.05, 4.69) is 4.84 Å². The third-order valence-electron chi connectivity index (χ3n) is 0.647. The fourth-order valence-electron chi connectivity index (χ4n) is 0.199. The minimum atomic E-state index is 1.34. The minimum absolute atomic E-state index is 1.34. The summed E-state index contributed by atoms with van der Waals surface area (Å²) in [5.74, 6) is 0. The molecule has 3 heteroatoms. The Morgan fingerprint density at radius 3 is 2.75 bits per heavy atom. The summed E-state index contributed by atoms with van der Waals surface area (Å²) >= 11 is 0. The van der Waals surface area contributed by atoms with Crippen molar-refractivity contribution in [3.8, 4) is 6.07 Å². The molecule has 0 bridgehead atoms. The van der Waals surface area contributed by atoms with E-state index in [9.17, 15) is 0 Å². The highest BCUT2D eigenvalue weighted by Gasteiger charge is 1.78. The number of hydrogen-bond donors (Lipinski definition) is 0. The van der Waals surface area contributed by atoms with Crippen molar-refractivity contribution in [1.29, 1.82) is 5.26 Å². The predicted octanol–water partition coefficient (Wildman–Crippen LogP) is 0.517. The molecule has 0 N–H and O–H groups in total. The maximum atomic E-state index is 7.99. The monoisotopic (exact) mass is 112 g/mol. The number of allylic oxidation sites excluding steroid dienone is 1. The molecule has 0 saturated heterocycles. The zero-order valence-electron chi connectivity index (χ0n) is 4.96. The number of hydroxylamine groups is 2. The van der Waals surface area contributed by atoms with Crippen molar-refractivity contribution >= 4 is 0 Å². The van der Waals surface area contributed by atoms with E-state index in [1.165, 1.54) is 24.4 Å². The van der Waals surface area contributed by atoms with Crippen LogP contribution in [0.5, 0.6) is 0 Å². The topological polar surface area (TPSA) is 36.3 Å². The second kappa shape index (κ2) is 4.16. The zero-order chi connectivity index (χ0) is 6.41. The Morgan fingerprint density at radius 1 is 1.75 bits per heavy atom. The largest absolute Gasteiger partial charge is 0.278 e. The molecule has 0 fully saturated rings. The lowest BCUT2D eigenvalue weighted by Crippen LogP contribution is -2.06. The first-order valence-corrected chi connectivity index (χ1v) is 2.14. The standard InChI is InChI=1S/C5H8N2O/c1-7(8-2)5-3-4-6/h3,5H,1-2H3/b5-3+. The predicted molar refractivity (Wildman–Crippen MR) is 29.5 cm³/mol. The molecule has 0 saturated carbocycles.